The molecule has 2 rings (SSSR count). The molecule has 17 heavy (non-hydrogen) atoms. The third-order valence-electron chi connectivity index (χ3n) is 3.98. The van der Waals surface area contributed by atoms with Gasteiger partial charge in [-0.3, -0.25) is 0 Å². The molecule has 1 saturated heterocycles. The molecule has 2 N–H and O–H groups in total. The summed E-state index contributed by atoms with van der Waals surface area (Å²) >= 11 is 0. The van der Waals surface area contributed by atoms with Crippen LogP contribution in [-0.2, 0) is 0 Å². The van der Waals surface area contributed by atoms with Gasteiger partial charge in [-0.05, 0) is 38.8 Å². The number of rotatable bonds is 2. The van der Waals surface area contributed by atoms with Gasteiger partial charge in [0.05, 0.1) is 5.92 Å². The summed E-state index contributed by atoms with van der Waals surface area (Å²) in [5.41, 5.74) is 0. The average Bonchev–Trinajstić information content (AvgIpc) is 2.30. The minimum atomic E-state index is -4.04. The van der Waals surface area contributed by atoms with Crippen molar-refractivity contribution in [2.75, 3.05) is 13.1 Å². The smallest absolute Gasteiger partial charge is 0.317 e. The third-order valence-corrected chi connectivity index (χ3v) is 3.98. The molecule has 2 unspecified atom stereocenters. The van der Waals surface area contributed by atoms with Crippen LogP contribution in [0.4, 0.5) is 13.2 Å². The zero-order valence-electron chi connectivity index (χ0n) is 10.0. The van der Waals surface area contributed by atoms with Gasteiger partial charge >= 0.3 is 6.18 Å². The van der Waals surface area contributed by atoms with Gasteiger partial charge in [0, 0.05) is 12.1 Å². The maximum Gasteiger partial charge on any atom is 0.393 e. The molecule has 100 valence electrons. The fraction of sp³-hybridized carbons (Fsp3) is 1.00. The second-order valence-electron chi connectivity index (χ2n) is 5.23. The Balaban J connectivity index is 1.91. The molecule has 0 aromatic heterocycles. The largest absolute Gasteiger partial charge is 0.393 e. The standard InChI is InChI=1S/C12H21F3N2/c13-12(14,15)10-3-1-2-4-11(10)17-9-5-7-16-8-6-9/h9-11,16-17H,1-8H2. The molecule has 5 heteroatoms. The van der Waals surface area contributed by atoms with Crippen LogP contribution in [0.3, 0.4) is 0 Å². The van der Waals surface area contributed by atoms with Gasteiger partial charge in [-0.1, -0.05) is 12.8 Å². The zero-order chi connectivity index (χ0) is 12.3. The summed E-state index contributed by atoms with van der Waals surface area (Å²) in [6.07, 6.45) is 0.469. The molecule has 0 aromatic rings. The van der Waals surface area contributed by atoms with Crippen LogP contribution in [0.25, 0.3) is 0 Å². The van der Waals surface area contributed by atoms with E-state index in [1.54, 1.807) is 0 Å². The van der Waals surface area contributed by atoms with Crippen LogP contribution >= 0.6 is 0 Å². The van der Waals surface area contributed by atoms with Crippen molar-refractivity contribution >= 4 is 0 Å². The highest BCUT2D eigenvalue weighted by atomic mass is 19.4. The molecule has 0 amide bonds. The van der Waals surface area contributed by atoms with Crippen LogP contribution in [0.15, 0.2) is 0 Å². The number of hydrogen-bond acceptors (Lipinski definition) is 2. The summed E-state index contributed by atoms with van der Waals surface area (Å²) < 4.78 is 38.7. The molecule has 2 atom stereocenters. The van der Waals surface area contributed by atoms with Crippen molar-refractivity contribution in [1.82, 2.24) is 10.6 Å². The fourth-order valence-electron chi connectivity index (χ4n) is 3.01. The van der Waals surface area contributed by atoms with Crippen LogP contribution in [0.2, 0.25) is 0 Å². The minimum absolute atomic E-state index is 0.268. The van der Waals surface area contributed by atoms with E-state index >= 15 is 0 Å². The van der Waals surface area contributed by atoms with E-state index in [4.69, 9.17) is 0 Å². The summed E-state index contributed by atoms with van der Waals surface area (Å²) in [6.45, 7) is 1.84. The van der Waals surface area contributed by atoms with Gasteiger partial charge in [-0.15, -0.1) is 0 Å². The van der Waals surface area contributed by atoms with Gasteiger partial charge in [-0.25, -0.2) is 0 Å². The second kappa shape index (κ2) is 5.57. The van der Waals surface area contributed by atoms with E-state index in [9.17, 15) is 13.2 Å². The molecule has 2 aliphatic rings. The lowest BCUT2D eigenvalue weighted by molar-refractivity contribution is -0.189. The molecular formula is C12H21F3N2. The van der Waals surface area contributed by atoms with E-state index < -0.39 is 12.1 Å². The van der Waals surface area contributed by atoms with Crippen molar-refractivity contribution in [2.24, 2.45) is 5.92 Å². The maximum atomic E-state index is 12.9. The second-order valence-corrected chi connectivity index (χ2v) is 5.23. The van der Waals surface area contributed by atoms with Crippen LogP contribution in [0.5, 0.6) is 0 Å². The highest BCUT2D eigenvalue weighted by molar-refractivity contribution is 4.88. The number of halogens is 3. The topological polar surface area (TPSA) is 24.1 Å². The lowest BCUT2D eigenvalue weighted by Gasteiger charge is -2.37. The van der Waals surface area contributed by atoms with Crippen molar-refractivity contribution < 1.29 is 13.2 Å². The van der Waals surface area contributed by atoms with E-state index in [1.165, 1.54) is 0 Å². The Morgan fingerprint density at radius 3 is 2.24 bits per heavy atom. The summed E-state index contributed by atoms with van der Waals surface area (Å²) in [6, 6.07) is -0.0870. The van der Waals surface area contributed by atoms with Gasteiger partial charge in [0.25, 0.3) is 0 Å². The van der Waals surface area contributed by atoms with Crippen molar-refractivity contribution in [3.05, 3.63) is 0 Å². The Labute approximate surface area is 100 Å². The molecule has 0 spiro atoms. The van der Waals surface area contributed by atoms with Crippen LogP contribution < -0.4 is 10.6 Å². The molecular weight excluding hydrogens is 229 g/mol. The van der Waals surface area contributed by atoms with Crippen LogP contribution in [-0.4, -0.2) is 31.3 Å². The molecule has 1 aliphatic carbocycles. The minimum Gasteiger partial charge on any atom is -0.317 e. The first-order valence-corrected chi connectivity index (χ1v) is 6.61. The Hall–Kier alpha value is -0.290. The molecule has 2 fully saturated rings. The van der Waals surface area contributed by atoms with Gasteiger partial charge < -0.3 is 10.6 Å². The molecule has 2 nitrogen and oxygen atoms in total. The lowest BCUT2D eigenvalue weighted by Crippen LogP contribution is -2.51. The highest BCUT2D eigenvalue weighted by Gasteiger charge is 2.45. The van der Waals surface area contributed by atoms with Gasteiger partial charge in [0.2, 0.25) is 0 Å². The fourth-order valence-corrected chi connectivity index (χ4v) is 3.01. The first-order valence-electron chi connectivity index (χ1n) is 6.61. The Morgan fingerprint density at radius 1 is 0.941 bits per heavy atom. The van der Waals surface area contributed by atoms with E-state index in [0.717, 1.165) is 32.4 Å². The van der Waals surface area contributed by atoms with E-state index in [1.807, 2.05) is 0 Å². The van der Waals surface area contributed by atoms with Crippen LogP contribution in [0.1, 0.15) is 38.5 Å². The quantitative estimate of drug-likeness (QED) is 0.786. The summed E-state index contributed by atoms with van der Waals surface area (Å²) in [5.74, 6) is -1.13. The van der Waals surface area contributed by atoms with Crippen molar-refractivity contribution in [1.29, 1.82) is 0 Å². The summed E-state index contributed by atoms with van der Waals surface area (Å²) in [4.78, 5) is 0. The molecule has 1 saturated carbocycles. The predicted octanol–water partition coefficient (Wildman–Crippen LogP) is 2.45. The number of nitrogens with one attached hydrogen (secondary N) is 2. The predicted molar refractivity (Wildman–Crippen MR) is 60.8 cm³/mol. The summed E-state index contributed by atoms with van der Waals surface area (Å²) in [5, 5.41) is 6.49. The molecule has 0 aromatic carbocycles. The van der Waals surface area contributed by atoms with E-state index in [-0.39, 0.29) is 12.1 Å². The van der Waals surface area contributed by atoms with Crippen molar-refractivity contribution in [3.63, 3.8) is 0 Å². The molecule has 0 radical (unpaired) electrons. The zero-order valence-corrected chi connectivity index (χ0v) is 10.0. The number of piperidine rings is 1. The van der Waals surface area contributed by atoms with Gasteiger partial charge in [-0.2, -0.15) is 13.2 Å². The maximum absolute atomic E-state index is 12.9. The Bertz CT molecular complexity index is 236. The van der Waals surface area contributed by atoms with Crippen molar-refractivity contribution in [3.8, 4) is 0 Å². The molecule has 0 bridgehead atoms. The monoisotopic (exact) mass is 250 g/mol. The lowest BCUT2D eigenvalue weighted by atomic mass is 9.83. The van der Waals surface area contributed by atoms with E-state index in [2.05, 4.69) is 10.6 Å². The Morgan fingerprint density at radius 2 is 1.59 bits per heavy atom. The van der Waals surface area contributed by atoms with Crippen LogP contribution in [0, 0.1) is 5.92 Å². The average molecular weight is 250 g/mol. The first-order chi connectivity index (χ1) is 8.07. The first kappa shape index (κ1) is 13.1. The molecule has 1 heterocycles. The normalized spacial score (nSPS) is 32.6. The highest BCUT2D eigenvalue weighted by Crippen LogP contribution is 2.38. The SMILES string of the molecule is FC(F)(F)C1CCCCC1NC1CCNCC1. The summed E-state index contributed by atoms with van der Waals surface area (Å²) in [7, 11) is 0. The molecule has 1 aliphatic heterocycles. The van der Waals surface area contributed by atoms with Crippen molar-refractivity contribution in [2.45, 2.75) is 56.8 Å². The Kier molecular flexibility index (Phi) is 4.31. The number of hydrogen-bond donors (Lipinski definition) is 2. The van der Waals surface area contributed by atoms with E-state index in [0.29, 0.717) is 19.3 Å². The van der Waals surface area contributed by atoms with Gasteiger partial charge in [0.15, 0.2) is 0 Å². The third kappa shape index (κ3) is 3.58. The number of alkyl halides is 3. The van der Waals surface area contributed by atoms with Gasteiger partial charge in [0.1, 0.15) is 0 Å².